The van der Waals surface area contributed by atoms with Gasteiger partial charge in [0.25, 0.3) is 0 Å². The highest BCUT2D eigenvalue weighted by molar-refractivity contribution is 9.10. The monoisotopic (exact) mass is 344 g/mol. The third-order valence-electron chi connectivity index (χ3n) is 4.05. The fraction of sp³-hybridized carbons (Fsp3) is 0.600. The van der Waals surface area contributed by atoms with E-state index in [1.54, 1.807) is 12.1 Å². The Morgan fingerprint density at radius 2 is 2.05 bits per heavy atom. The van der Waals surface area contributed by atoms with Crippen LogP contribution in [0.4, 0.5) is 4.39 Å². The Hall–Kier alpha value is -0.650. The predicted molar refractivity (Wildman–Crippen MR) is 76.5 cm³/mol. The Morgan fingerprint density at radius 1 is 1.25 bits per heavy atom. The molecular weight excluding hydrogens is 327 g/mol. The highest BCUT2D eigenvalue weighted by atomic mass is 79.9. The van der Waals surface area contributed by atoms with Gasteiger partial charge in [0, 0.05) is 32.1 Å². The third kappa shape index (κ3) is 3.15. The van der Waals surface area contributed by atoms with Crippen LogP contribution in [0.5, 0.6) is 5.75 Å². The zero-order valence-corrected chi connectivity index (χ0v) is 12.8. The van der Waals surface area contributed by atoms with E-state index in [-0.39, 0.29) is 17.5 Å². The van der Waals surface area contributed by atoms with Crippen LogP contribution in [0.2, 0.25) is 0 Å². The molecule has 2 fully saturated rings. The molecule has 20 heavy (non-hydrogen) atoms. The fourth-order valence-corrected chi connectivity index (χ4v) is 3.16. The van der Waals surface area contributed by atoms with Gasteiger partial charge in [-0.1, -0.05) is 0 Å². The van der Waals surface area contributed by atoms with Crippen molar-refractivity contribution >= 4 is 15.9 Å². The SMILES string of the molecule is Fc1cc(OC2CCOC3(CCOCC3)C2)ccc1Br. The molecule has 3 rings (SSSR count). The normalized spacial score (nSPS) is 25.6. The van der Waals surface area contributed by atoms with E-state index in [9.17, 15) is 4.39 Å². The molecule has 0 aliphatic carbocycles. The maximum atomic E-state index is 13.5. The Balaban J connectivity index is 1.66. The maximum Gasteiger partial charge on any atom is 0.141 e. The minimum absolute atomic E-state index is 0.0856. The minimum atomic E-state index is -0.296. The highest BCUT2D eigenvalue weighted by Gasteiger charge is 2.39. The van der Waals surface area contributed by atoms with Gasteiger partial charge in [0.05, 0.1) is 16.7 Å². The van der Waals surface area contributed by atoms with Gasteiger partial charge >= 0.3 is 0 Å². The van der Waals surface area contributed by atoms with Crippen LogP contribution in [-0.4, -0.2) is 31.5 Å². The standard InChI is InChI=1S/C15H18BrFO3/c16-13-2-1-11(9-14(13)17)20-12-3-6-19-15(10-12)4-7-18-8-5-15/h1-2,9,12H,3-8,10H2. The molecule has 1 spiro atoms. The molecule has 2 saturated heterocycles. The second-order valence-corrected chi connectivity index (χ2v) is 6.31. The van der Waals surface area contributed by atoms with E-state index in [1.165, 1.54) is 6.07 Å². The number of benzene rings is 1. The summed E-state index contributed by atoms with van der Waals surface area (Å²) in [5.41, 5.74) is -0.102. The summed E-state index contributed by atoms with van der Waals surface area (Å²) in [6, 6.07) is 4.89. The molecule has 1 atom stereocenters. The minimum Gasteiger partial charge on any atom is -0.490 e. The topological polar surface area (TPSA) is 27.7 Å². The summed E-state index contributed by atoms with van der Waals surface area (Å²) in [5.74, 6) is 0.287. The lowest BCUT2D eigenvalue weighted by Gasteiger charge is -2.43. The molecule has 2 aliphatic rings. The second kappa shape index (κ2) is 6.00. The Labute approximate surface area is 126 Å². The Morgan fingerprint density at radius 3 is 2.80 bits per heavy atom. The van der Waals surface area contributed by atoms with Crippen molar-refractivity contribution in [2.24, 2.45) is 0 Å². The van der Waals surface area contributed by atoms with Crippen molar-refractivity contribution in [3.8, 4) is 5.75 Å². The number of hydrogen-bond acceptors (Lipinski definition) is 3. The number of halogens is 2. The average molecular weight is 345 g/mol. The molecule has 0 aromatic heterocycles. The molecule has 2 aliphatic heterocycles. The summed E-state index contributed by atoms with van der Waals surface area (Å²) in [6.07, 6.45) is 3.62. The van der Waals surface area contributed by atoms with Gasteiger partial charge in [-0.25, -0.2) is 4.39 Å². The van der Waals surface area contributed by atoms with Crippen LogP contribution in [0.1, 0.15) is 25.7 Å². The number of hydrogen-bond donors (Lipinski definition) is 0. The first-order valence-corrected chi connectivity index (χ1v) is 7.80. The molecule has 1 aromatic carbocycles. The van der Waals surface area contributed by atoms with Gasteiger partial charge in [-0.3, -0.25) is 0 Å². The van der Waals surface area contributed by atoms with Gasteiger partial charge in [0.15, 0.2) is 0 Å². The molecule has 0 amide bonds. The largest absolute Gasteiger partial charge is 0.490 e. The van der Waals surface area contributed by atoms with Crippen LogP contribution in [0.3, 0.4) is 0 Å². The first-order chi connectivity index (χ1) is 9.67. The van der Waals surface area contributed by atoms with E-state index in [2.05, 4.69) is 15.9 Å². The third-order valence-corrected chi connectivity index (χ3v) is 4.69. The predicted octanol–water partition coefficient (Wildman–Crippen LogP) is 3.70. The van der Waals surface area contributed by atoms with Gasteiger partial charge in [0.2, 0.25) is 0 Å². The van der Waals surface area contributed by atoms with Crippen LogP contribution in [-0.2, 0) is 9.47 Å². The highest BCUT2D eigenvalue weighted by Crippen LogP contribution is 2.36. The molecule has 3 nitrogen and oxygen atoms in total. The summed E-state index contributed by atoms with van der Waals surface area (Å²) in [6.45, 7) is 2.20. The van der Waals surface area contributed by atoms with Crippen molar-refractivity contribution in [1.29, 1.82) is 0 Å². The zero-order chi connectivity index (χ0) is 14.0. The first kappa shape index (κ1) is 14.3. The van der Waals surface area contributed by atoms with Crippen LogP contribution in [0, 0.1) is 5.82 Å². The molecule has 2 heterocycles. The van der Waals surface area contributed by atoms with Gasteiger partial charge in [0.1, 0.15) is 17.7 Å². The quantitative estimate of drug-likeness (QED) is 0.818. The fourth-order valence-electron chi connectivity index (χ4n) is 2.92. The molecule has 1 aromatic rings. The molecule has 110 valence electrons. The zero-order valence-electron chi connectivity index (χ0n) is 11.2. The van der Waals surface area contributed by atoms with E-state index in [0.717, 1.165) is 38.9 Å². The summed E-state index contributed by atoms with van der Waals surface area (Å²) in [5, 5.41) is 0. The maximum absolute atomic E-state index is 13.5. The summed E-state index contributed by atoms with van der Waals surface area (Å²) in [7, 11) is 0. The molecule has 0 N–H and O–H groups in total. The van der Waals surface area contributed by atoms with E-state index >= 15 is 0 Å². The Kier molecular flexibility index (Phi) is 4.29. The van der Waals surface area contributed by atoms with Crippen LogP contribution < -0.4 is 4.74 Å². The lowest BCUT2D eigenvalue weighted by molar-refractivity contribution is -0.155. The van der Waals surface area contributed by atoms with Crippen molar-refractivity contribution in [2.45, 2.75) is 37.4 Å². The van der Waals surface area contributed by atoms with Gasteiger partial charge in [-0.2, -0.15) is 0 Å². The van der Waals surface area contributed by atoms with Gasteiger partial charge < -0.3 is 14.2 Å². The summed E-state index contributed by atoms with van der Waals surface area (Å²) < 4.78 is 31.3. The van der Waals surface area contributed by atoms with Crippen LogP contribution in [0.15, 0.2) is 22.7 Å². The molecule has 5 heteroatoms. The summed E-state index contributed by atoms with van der Waals surface area (Å²) in [4.78, 5) is 0. The number of ether oxygens (including phenoxy) is 3. The van der Waals surface area contributed by atoms with E-state index in [4.69, 9.17) is 14.2 Å². The molecular formula is C15H18BrFO3. The smallest absolute Gasteiger partial charge is 0.141 e. The lowest BCUT2D eigenvalue weighted by atomic mass is 9.85. The lowest BCUT2D eigenvalue weighted by Crippen LogP contribution is -2.47. The van der Waals surface area contributed by atoms with Crippen molar-refractivity contribution in [3.63, 3.8) is 0 Å². The van der Waals surface area contributed by atoms with Crippen LogP contribution >= 0.6 is 15.9 Å². The van der Waals surface area contributed by atoms with Gasteiger partial charge in [-0.05, 0) is 40.9 Å². The molecule has 0 radical (unpaired) electrons. The Bertz CT molecular complexity index is 469. The van der Waals surface area contributed by atoms with Crippen molar-refractivity contribution < 1.29 is 18.6 Å². The van der Waals surface area contributed by atoms with Crippen LogP contribution in [0.25, 0.3) is 0 Å². The first-order valence-electron chi connectivity index (χ1n) is 7.00. The summed E-state index contributed by atoms with van der Waals surface area (Å²) >= 11 is 3.15. The van der Waals surface area contributed by atoms with E-state index in [1.807, 2.05) is 0 Å². The molecule has 0 saturated carbocycles. The second-order valence-electron chi connectivity index (χ2n) is 5.45. The van der Waals surface area contributed by atoms with Crippen molar-refractivity contribution in [3.05, 3.63) is 28.5 Å². The van der Waals surface area contributed by atoms with E-state index < -0.39 is 0 Å². The molecule has 1 unspecified atom stereocenters. The average Bonchev–Trinajstić information content (AvgIpc) is 2.44. The van der Waals surface area contributed by atoms with Crippen molar-refractivity contribution in [2.75, 3.05) is 19.8 Å². The van der Waals surface area contributed by atoms with E-state index in [0.29, 0.717) is 16.8 Å². The van der Waals surface area contributed by atoms with Gasteiger partial charge in [-0.15, -0.1) is 0 Å². The van der Waals surface area contributed by atoms with Crippen molar-refractivity contribution in [1.82, 2.24) is 0 Å². The number of rotatable bonds is 2. The molecule has 0 bridgehead atoms.